The number of nitrogens with zero attached hydrogens (tertiary/aromatic N) is 2. The molecule has 1 heterocycles. The van der Waals surface area contributed by atoms with Crippen LogP contribution in [0.1, 0.15) is 10.6 Å². The van der Waals surface area contributed by atoms with Gasteiger partial charge in [0.05, 0.1) is 6.61 Å². The third-order valence-corrected chi connectivity index (χ3v) is 3.18. The Labute approximate surface area is 111 Å². The topological polar surface area (TPSA) is 61.0 Å². The Morgan fingerprint density at radius 1 is 1.21 bits per heavy atom. The van der Waals surface area contributed by atoms with E-state index in [0.29, 0.717) is 23.4 Å². The van der Waals surface area contributed by atoms with E-state index >= 15 is 0 Å². The Morgan fingerprint density at radius 3 is 2.58 bits per heavy atom. The number of nitrogen functional groups attached to an aromatic ring is 1. The third kappa shape index (κ3) is 3.57. The second-order valence-corrected chi connectivity index (χ2v) is 4.61. The fourth-order valence-corrected chi connectivity index (χ4v) is 1.98. The fraction of sp³-hybridized carbons (Fsp3) is 0.273. The Bertz CT molecular complexity index is 556. The first-order chi connectivity index (χ1) is 8.97. The predicted molar refractivity (Wildman–Crippen MR) is 65.0 cm³/mol. The van der Waals surface area contributed by atoms with Crippen LogP contribution in [-0.4, -0.2) is 16.8 Å². The Kier molecular flexibility index (Phi) is 3.89. The summed E-state index contributed by atoms with van der Waals surface area (Å²) < 4.78 is 42.0. The van der Waals surface area contributed by atoms with Gasteiger partial charge in [0, 0.05) is 12.1 Å². The number of ether oxygens (including phenoxy) is 1. The van der Waals surface area contributed by atoms with Crippen LogP contribution >= 0.6 is 11.3 Å². The van der Waals surface area contributed by atoms with Gasteiger partial charge >= 0.3 is 6.18 Å². The minimum absolute atomic E-state index is 0.0955. The van der Waals surface area contributed by atoms with E-state index in [4.69, 9.17) is 10.5 Å². The van der Waals surface area contributed by atoms with E-state index in [0.717, 1.165) is 5.56 Å². The first-order valence-corrected chi connectivity index (χ1v) is 6.15. The number of alkyl halides is 3. The van der Waals surface area contributed by atoms with Crippen LogP contribution in [0.3, 0.4) is 0 Å². The van der Waals surface area contributed by atoms with Crippen molar-refractivity contribution >= 4 is 17.0 Å². The zero-order chi connectivity index (χ0) is 13.9. The lowest BCUT2D eigenvalue weighted by atomic mass is 10.1. The van der Waals surface area contributed by atoms with Gasteiger partial charge in [-0.05, 0) is 11.6 Å². The molecule has 0 aliphatic carbocycles. The Morgan fingerprint density at radius 2 is 1.95 bits per heavy atom. The number of hydrogen-bond acceptors (Lipinski definition) is 5. The zero-order valence-electron chi connectivity index (χ0n) is 9.65. The number of anilines is 1. The van der Waals surface area contributed by atoms with E-state index in [-0.39, 0.29) is 11.8 Å². The molecule has 0 unspecified atom stereocenters. The number of rotatable bonds is 4. The highest BCUT2D eigenvalue weighted by molar-refractivity contribution is 7.13. The smallest absolute Gasteiger partial charge is 0.445 e. The molecule has 0 aliphatic rings. The number of nitrogens with two attached hydrogens (primary N) is 1. The van der Waals surface area contributed by atoms with Gasteiger partial charge in [-0.15, -0.1) is 5.10 Å². The average Bonchev–Trinajstić information content (AvgIpc) is 2.80. The summed E-state index contributed by atoms with van der Waals surface area (Å²) in [5.74, 6) is 0. The molecule has 0 amide bonds. The molecule has 2 rings (SSSR count). The molecule has 0 spiro atoms. The molecule has 19 heavy (non-hydrogen) atoms. The summed E-state index contributed by atoms with van der Waals surface area (Å²) >= 11 is 0.378. The second-order valence-electron chi connectivity index (χ2n) is 3.67. The van der Waals surface area contributed by atoms with Gasteiger partial charge in [0.2, 0.25) is 5.01 Å². The van der Waals surface area contributed by atoms with Crippen molar-refractivity contribution in [2.24, 2.45) is 0 Å². The van der Waals surface area contributed by atoms with E-state index in [1.54, 1.807) is 12.1 Å². The van der Waals surface area contributed by atoms with Crippen molar-refractivity contribution in [1.82, 2.24) is 10.2 Å². The summed E-state index contributed by atoms with van der Waals surface area (Å²) in [6, 6.07) is 7.22. The van der Waals surface area contributed by atoms with E-state index < -0.39 is 11.2 Å². The fourth-order valence-electron chi connectivity index (χ4n) is 1.39. The van der Waals surface area contributed by atoms with Gasteiger partial charge in [0.25, 0.3) is 5.19 Å². The lowest BCUT2D eigenvalue weighted by Crippen LogP contribution is -2.03. The third-order valence-electron chi connectivity index (χ3n) is 2.30. The normalized spacial score (nSPS) is 11.5. The van der Waals surface area contributed by atoms with Crippen molar-refractivity contribution in [2.75, 3.05) is 12.3 Å². The predicted octanol–water partition coefficient (Wildman–Crippen LogP) is 2.76. The maximum atomic E-state index is 12.3. The molecule has 8 heteroatoms. The van der Waals surface area contributed by atoms with Crippen LogP contribution in [0.25, 0.3) is 0 Å². The van der Waals surface area contributed by atoms with Gasteiger partial charge in [0.15, 0.2) is 0 Å². The van der Waals surface area contributed by atoms with Crippen molar-refractivity contribution in [3.8, 4) is 5.19 Å². The van der Waals surface area contributed by atoms with Crippen LogP contribution in [0.5, 0.6) is 5.19 Å². The number of hydrogen-bond donors (Lipinski definition) is 1. The molecule has 0 fully saturated rings. The number of aromatic nitrogens is 2. The maximum absolute atomic E-state index is 12.3. The van der Waals surface area contributed by atoms with Gasteiger partial charge in [-0.25, -0.2) is 0 Å². The van der Waals surface area contributed by atoms with Gasteiger partial charge in [0.1, 0.15) is 0 Å². The highest BCUT2D eigenvalue weighted by Gasteiger charge is 2.35. The summed E-state index contributed by atoms with van der Waals surface area (Å²) in [4.78, 5) is 0. The first kappa shape index (κ1) is 13.6. The number of benzene rings is 1. The van der Waals surface area contributed by atoms with Crippen molar-refractivity contribution in [3.63, 3.8) is 0 Å². The largest absolute Gasteiger partial charge is 0.469 e. The quantitative estimate of drug-likeness (QED) is 0.879. The minimum Gasteiger partial charge on any atom is -0.469 e. The van der Waals surface area contributed by atoms with Crippen molar-refractivity contribution in [3.05, 3.63) is 34.8 Å². The second kappa shape index (κ2) is 5.43. The zero-order valence-corrected chi connectivity index (χ0v) is 10.5. The molecule has 1 aromatic carbocycles. The number of halogens is 3. The monoisotopic (exact) mass is 289 g/mol. The summed E-state index contributed by atoms with van der Waals surface area (Å²) in [7, 11) is 0. The molecule has 0 saturated carbocycles. The summed E-state index contributed by atoms with van der Waals surface area (Å²) in [6.45, 7) is 0.195. The molecule has 1 aromatic heterocycles. The summed E-state index contributed by atoms with van der Waals surface area (Å²) in [5.41, 5.74) is 7.23. The Hall–Kier alpha value is -1.83. The van der Waals surface area contributed by atoms with Crippen molar-refractivity contribution in [2.45, 2.75) is 12.6 Å². The molecule has 0 radical (unpaired) electrons. The first-order valence-electron chi connectivity index (χ1n) is 5.33. The van der Waals surface area contributed by atoms with Gasteiger partial charge in [-0.3, -0.25) is 0 Å². The molecule has 2 aromatic rings. The molecule has 102 valence electrons. The molecular weight excluding hydrogens is 279 g/mol. The van der Waals surface area contributed by atoms with E-state index in [1.165, 1.54) is 0 Å². The van der Waals surface area contributed by atoms with Crippen LogP contribution < -0.4 is 10.5 Å². The van der Waals surface area contributed by atoms with E-state index in [1.807, 2.05) is 12.1 Å². The minimum atomic E-state index is -4.48. The van der Waals surface area contributed by atoms with Crippen LogP contribution in [0.4, 0.5) is 18.9 Å². The number of para-hydroxylation sites is 1. The standard InChI is InChI=1S/C11H10F3N3OS/c12-11(13,14)9-16-17-10(19-9)18-6-5-7-3-1-2-4-8(7)15/h1-4H,5-6,15H2. The summed E-state index contributed by atoms with van der Waals surface area (Å²) in [5, 5.41) is 5.25. The van der Waals surface area contributed by atoms with Crippen LogP contribution in [-0.2, 0) is 12.6 Å². The van der Waals surface area contributed by atoms with E-state index in [9.17, 15) is 13.2 Å². The SMILES string of the molecule is Nc1ccccc1CCOc1nnc(C(F)(F)F)s1. The molecule has 0 aliphatic heterocycles. The molecule has 4 nitrogen and oxygen atoms in total. The Balaban J connectivity index is 1.90. The van der Waals surface area contributed by atoms with Crippen molar-refractivity contribution < 1.29 is 17.9 Å². The lowest BCUT2D eigenvalue weighted by molar-refractivity contribution is -0.138. The summed E-state index contributed by atoms with van der Waals surface area (Å²) in [6.07, 6.45) is -3.99. The maximum Gasteiger partial charge on any atom is 0.445 e. The van der Waals surface area contributed by atoms with Gasteiger partial charge in [-0.1, -0.05) is 34.6 Å². The molecule has 0 atom stereocenters. The lowest BCUT2D eigenvalue weighted by Gasteiger charge is -2.05. The van der Waals surface area contributed by atoms with Crippen molar-refractivity contribution in [1.29, 1.82) is 0 Å². The molecule has 0 bridgehead atoms. The average molecular weight is 289 g/mol. The van der Waals surface area contributed by atoms with E-state index in [2.05, 4.69) is 10.2 Å². The van der Waals surface area contributed by atoms with Gasteiger partial charge < -0.3 is 10.5 Å². The van der Waals surface area contributed by atoms with Crippen LogP contribution in [0.15, 0.2) is 24.3 Å². The molecule has 0 saturated heterocycles. The molecule has 2 N–H and O–H groups in total. The van der Waals surface area contributed by atoms with Crippen LogP contribution in [0, 0.1) is 0 Å². The van der Waals surface area contributed by atoms with Gasteiger partial charge in [-0.2, -0.15) is 13.2 Å². The highest BCUT2D eigenvalue weighted by Crippen LogP contribution is 2.33. The highest BCUT2D eigenvalue weighted by atomic mass is 32.1. The van der Waals surface area contributed by atoms with Crippen LogP contribution in [0.2, 0.25) is 0 Å². The molecular formula is C11H10F3N3OS.